The molecule has 0 aliphatic carbocycles. The maximum absolute atomic E-state index is 12.4. The summed E-state index contributed by atoms with van der Waals surface area (Å²) in [6.45, 7) is 9.62. The third-order valence-corrected chi connectivity index (χ3v) is 4.38. The summed E-state index contributed by atoms with van der Waals surface area (Å²) in [5.74, 6) is 1.08. The molecule has 2 fully saturated rings. The van der Waals surface area contributed by atoms with Crippen LogP contribution in [0.3, 0.4) is 0 Å². The van der Waals surface area contributed by atoms with Crippen LogP contribution in [0.5, 0.6) is 0 Å². The molecule has 2 aliphatic heterocycles. The number of amides is 1. The topological polar surface area (TPSA) is 32.3 Å². The summed E-state index contributed by atoms with van der Waals surface area (Å²) in [4.78, 5) is 14.5. The fraction of sp³-hybridized carbons (Fsp3) is 0.929. The Balaban J connectivity index is 1.91. The minimum atomic E-state index is 0.0857. The van der Waals surface area contributed by atoms with Gasteiger partial charge < -0.3 is 10.2 Å². The van der Waals surface area contributed by atoms with Gasteiger partial charge in [-0.25, -0.2) is 0 Å². The molecule has 0 saturated carbocycles. The normalized spacial score (nSPS) is 32.8. The van der Waals surface area contributed by atoms with E-state index in [1.807, 2.05) is 0 Å². The van der Waals surface area contributed by atoms with Crippen molar-refractivity contribution in [1.82, 2.24) is 10.2 Å². The van der Waals surface area contributed by atoms with Gasteiger partial charge in [0.2, 0.25) is 5.91 Å². The number of carbonyl (C=O) groups is 1. The van der Waals surface area contributed by atoms with Crippen molar-refractivity contribution in [2.24, 2.45) is 11.3 Å². The summed E-state index contributed by atoms with van der Waals surface area (Å²) < 4.78 is 0. The van der Waals surface area contributed by atoms with E-state index in [-0.39, 0.29) is 6.04 Å². The van der Waals surface area contributed by atoms with Gasteiger partial charge in [-0.2, -0.15) is 0 Å². The third kappa shape index (κ3) is 3.01. The lowest BCUT2D eigenvalue weighted by Gasteiger charge is -2.32. The molecule has 2 saturated heterocycles. The second kappa shape index (κ2) is 4.97. The van der Waals surface area contributed by atoms with Crippen LogP contribution in [0.2, 0.25) is 0 Å². The Kier molecular flexibility index (Phi) is 3.76. The van der Waals surface area contributed by atoms with Crippen LogP contribution in [0.1, 0.15) is 46.5 Å². The van der Waals surface area contributed by atoms with Gasteiger partial charge in [-0.15, -0.1) is 0 Å². The van der Waals surface area contributed by atoms with E-state index in [4.69, 9.17) is 0 Å². The molecule has 2 heterocycles. The maximum Gasteiger partial charge on any atom is 0.239 e. The predicted molar refractivity (Wildman–Crippen MR) is 69.8 cm³/mol. The summed E-state index contributed by atoms with van der Waals surface area (Å²) in [6, 6.07) is 0.0857. The molecule has 2 unspecified atom stereocenters. The van der Waals surface area contributed by atoms with E-state index >= 15 is 0 Å². The molecule has 0 aromatic carbocycles. The van der Waals surface area contributed by atoms with E-state index in [0.717, 1.165) is 38.4 Å². The molecule has 0 aromatic heterocycles. The lowest BCUT2D eigenvalue weighted by atomic mass is 9.89. The van der Waals surface area contributed by atoms with Gasteiger partial charge in [-0.1, -0.05) is 27.2 Å². The summed E-state index contributed by atoms with van der Waals surface area (Å²) in [7, 11) is 0. The molecule has 1 amide bonds. The molecule has 2 rings (SSSR count). The first-order valence-corrected chi connectivity index (χ1v) is 7.04. The quantitative estimate of drug-likeness (QED) is 0.798. The fourth-order valence-corrected chi connectivity index (χ4v) is 3.08. The van der Waals surface area contributed by atoms with Crippen molar-refractivity contribution in [3.63, 3.8) is 0 Å². The summed E-state index contributed by atoms with van der Waals surface area (Å²) >= 11 is 0. The molecule has 0 radical (unpaired) electrons. The smallest absolute Gasteiger partial charge is 0.239 e. The Morgan fingerprint density at radius 3 is 2.82 bits per heavy atom. The minimum absolute atomic E-state index is 0.0857. The van der Waals surface area contributed by atoms with E-state index in [1.54, 1.807) is 0 Å². The minimum Gasteiger partial charge on any atom is -0.341 e. The van der Waals surface area contributed by atoms with Gasteiger partial charge in [0.15, 0.2) is 0 Å². The molecule has 0 spiro atoms. The summed E-state index contributed by atoms with van der Waals surface area (Å²) in [6.07, 6.45) is 4.61. The Morgan fingerprint density at radius 2 is 2.24 bits per heavy atom. The molecular formula is C14H26N2O. The number of hydrogen-bond acceptors (Lipinski definition) is 2. The summed E-state index contributed by atoms with van der Waals surface area (Å²) in [5, 5.41) is 3.40. The molecule has 2 aliphatic rings. The van der Waals surface area contributed by atoms with Crippen molar-refractivity contribution in [3.8, 4) is 0 Å². The highest BCUT2D eigenvalue weighted by molar-refractivity contribution is 5.82. The molecule has 2 atom stereocenters. The molecule has 17 heavy (non-hydrogen) atoms. The van der Waals surface area contributed by atoms with Gasteiger partial charge in [0.25, 0.3) is 0 Å². The Hall–Kier alpha value is -0.570. The van der Waals surface area contributed by atoms with Crippen molar-refractivity contribution in [1.29, 1.82) is 0 Å². The average molecular weight is 238 g/mol. The highest BCUT2D eigenvalue weighted by Gasteiger charge is 2.36. The van der Waals surface area contributed by atoms with Gasteiger partial charge in [0.1, 0.15) is 0 Å². The van der Waals surface area contributed by atoms with Crippen LogP contribution < -0.4 is 5.32 Å². The molecule has 98 valence electrons. The zero-order valence-corrected chi connectivity index (χ0v) is 11.5. The van der Waals surface area contributed by atoms with E-state index < -0.39 is 0 Å². The molecule has 3 nitrogen and oxygen atoms in total. The van der Waals surface area contributed by atoms with Gasteiger partial charge in [0, 0.05) is 13.1 Å². The average Bonchev–Trinajstić information content (AvgIpc) is 2.69. The first kappa shape index (κ1) is 12.9. The fourth-order valence-electron chi connectivity index (χ4n) is 3.08. The number of nitrogens with one attached hydrogen (secondary N) is 1. The van der Waals surface area contributed by atoms with Crippen molar-refractivity contribution in [3.05, 3.63) is 0 Å². The third-order valence-electron chi connectivity index (χ3n) is 4.38. The van der Waals surface area contributed by atoms with Crippen molar-refractivity contribution in [2.45, 2.75) is 52.5 Å². The molecule has 0 bridgehead atoms. The van der Waals surface area contributed by atoms with Crippen LogP contribution >= 0.6 is 0 Å². The van der Waals surface area contributed by atoms with Crippen LogP contribution in [0.25, 0.3) is 0 Å². The highest BCUT2D eigenvalue weighted by atomic mass is 16.2. The second-order valence-corrected chi connectivity index (χ2v) is 6.48. The number of rotatable bonds is 2. The Morgan fingerprint density at radius 1 is 1.47 bits per heavy atom. The monoisotopic (exact) mass is 238 g/mol. The van der Waals surface area contributed by atoms with Crippen LogP contribution in [-0.4, -0.2) is 36.5 Å². The van der Waals surface area contributed by atoms with Crippen molar-refractivity contribution in [2.75, 3.05) is 19.6 Å². The Labute approximate surface area is 105 Å². The van der Waals surface area contributed by atoms with E-state index in [9.17, 15) is 4.79 Å². The zero-order valence-electron chi connectivity index (χ0n) is 11.5. The molecule has 1 N–H and O–H groups in total. The van der Waals surface area contributed by atoms with E-state index in [0.29, 0.717) is 11.3 Å². The van der Waals surface area contributed by atoms with Gasteiger partial charge >= 0.3 is 0 Å². The zero-order chi connectivity index (χ0) is 12.5. The number of nitrogens with zero attached hydrogens (tertiary/aromatic N) is 1. The lowest BCUT2D eigenvalue weighted by molar-refractivity contribution is -0.133. The van der Waals surface area contributed by atoms with Crippen LogP contribution in [-0.2, 0) is 4.79 Å². The highest BCUT2D eigenvalue weighted by Crippen LogP contribution is 2.30. The van der Waals surface area contributed by atoms with Gasteiger partial charge in [0.05, 0.1) is 6.04 Å². The SMILES string of the molecule is CCC1CCNC(C(=O)N2CCC(C)(C)C2)C1. The number of piperidine rings is 1. The largest absolute Gasteiger partial charge is 0.341 e. The molecular weight excluding hydrogens is 212 g/mol. The Bertz CT molecular complexity index is 288. The first-order valence-electron chi connectivity index (χ1n) is 7.04. The van der Waals surface area contributed by atoms with Crippen molar-refractivity contribution < 1.29 is 4.79 Å². The number of carbonyl (C=O) groups excluding carboxylic acids is 1. The van der Waals surface area contributed by atoms with Crippen molar-refractivity contribution >= 4 is 5.91 Å². The lowest BCUT2D eigenvalue weighted by Crippen LogP contribution is -2.49. The van der Waals surface area contributed by atoms with Crippen LogP contribution in [0.4, 0.5) is 0 Å². The van der Waals surface area contributed by atoms with E-state index in [1.165, 1.54) is 12.8 Å². The maximum atomic E-state index is 12.4. The summed E-state index contributed by atoms with van der Waals surface area (Å²) in [5.41, 5.74) is 0.314. The number of hydrogen-bond donors (Lipinski definition) is 1. The second-order valence-electron chi connectivity index (χ2n) is 6.48. The van der Waals surface area contributed by atoms with Crippen LogP contribution in [0, 0.1) is 11.3 Å². The van der Waals surface area contributed by atoms with Gasteiger partial charge in [-0.3, -0.25) is 4.79 Å². The predicted octanol–water partition coefficient (Wildman–Crippen LogP) is 2.02. The first-order chi connectivity index (χ1) is 8.02. The van der Waals surface area contributed by atoms with E-state index in [2.05, 4.69) is 31.0 Å². The van der Waals surface area contributed by atoms with Gasteiger partial charge in [-0.05, 0) is 37.1 Å². The molecule has 0 aromatic rings. The molecule has 3 heteroatoms. The standard InChI is InChI=1S/C14H26N2O/c1-4-11-5-7-15-12(9-11)13(17)16-8-6-14(2,3)10-16/h11-12,15H,4-10H2,1-3H3. The number of likely N-dealkylation sites (tertiary alicyclic amines) is 1. The van der Waals surface area contributed by atoms with Crippen LogP contribution in [0.15, 0.2) is 0 Å².